The average Bonchev–Trinajstić information content (AvgIpc) is 2.32. The van der Waals surface area contributed by atoms with Crippen LogP contribution in [0.1, 0.15) is 26.8 Å². The number of carboxylic acid groups (broad SMARTS) is 1. The molecule has 1 aromatic rings. The predicted octanol–water partition coefficient (Wildman–Crippen LogP) is -0.463. The zero-order chi connectivity index (χ0) is 11.8. The first-order chi connectivity index (χ1) is 6.75. The molecule has 3 N–H and O–H groups in total. The third-order valence-electron chi connectivity index (χ3n) is 2.03. The zero-order valence-corrected chi connectivity index (χ0v) is 8.70. The van der Waals surface area contributed by atoms with Crippen LogP contribution in [0.3, 0.4) is 0 Å². The van der Waals surface area contributed by atoms with Crippen molar-refractivity contribution < 1.29 is 9.90 Å². The molecule has 84 valence electrons. The Morgan fingerprint density at radius 2 is 1.67 bits per heavy atom. The minimum absolute atomic E-state index is 0.669. The van der Waals surface area contributed by atoms with Gasteiger partial charge in [0.2, 0.25) is 0 Å². The van der Waals surface area contributed by atoms with Crippen LogP contribution < -0.4 is 11.4 Å². The quantitative estimate of drug-likeness (QED) is 0.620. The van der Waals surface area contributed by atoms with Gasteiger partial charge >= 0.3 is 17.3 Å². The number of nitrogens with zero attached hydrogens (tertiary/aromatic N) is 1. The first-order valence-corrected chi connectivity index (χ1v) is 4.37. The molecule has 0 aromatic carbocycles. The summed E-state index contributed by atoms with van der Waals surface area (Å²) >= 11 is 0. The predicted molar refractivity (Wildman–Crippen MR) is 51.8 cm³/mol. The summed E-state index contributed by atoms with van der Waals surface area (Å²) in [5.74, 6) is -1.21. The van der Waals surface area contributed by atoms with E-state index in [4.69, 9.17) is 5.11 Å². The van der Waals surface area contributed by atoms with E-state index < -0.39 is 28.8 Å². The highest BCUT2D eigenvalue weighted by molar-refractivity contribution is 5.72. The number of nitrogens with one attached hydrogen (secondary N) is 2. The number of aromatic amines is 2. The molecule has 0 radical (unpaired) electrons. The van der Waals surface area contributed by atoms with Gasteiger partial charge in [0.15, 0.2) is 0 Å². The van der Waals surface area contributed by atoms with E-state index in [2.05, 4.69) is 10.2 Å². The summed E-state index contributed by atoms with van der Waals surface area (Å²) in [5.41, 5.74) is -2.23. The highest BCUT2D eigenvalue weighted by atomic mass is 16.4. The minimum Gasteiger partial charge on any atom is -0.480 e. The first kappa shape index (κ1) is 11.3. The van der Waals surface area contributed by atoms with Crippen LogP contribution >= 0.6 is 0 Å². The summed E-state index contributed by atoms with van der Waals surface area (Å²) < 4.78 is 0.669. The largest absolute Gasteiger partial charge is 0.480 e. The number of aliphatic carboxylic acids is 1. The summed E-state index contributed by atoms with van der Waals surface area (Å²) in [6, 6.07) is -1.19. The second kappa shape index (κ2) is 3.41. The van der Waals surface area contributed by atoms with E-state index in [0.29, 0.717) is 4.57 Å². The highest BCUT2D eigenvalue weighted by Gasteiger charge is 2.35. The lowest BCUT2D eigenvalue weighted by atomic mass is 9.86. The molecule has 0 spiro atoms. The summed E-state index contributed by atoms with van der Waals surface area (Å²) in [7, 11) is 0. The summed E-state index contributed by atoms with van der Waals surface area (Å²) in [6.07, 6.45) is 0. The van der Waals surface area contributed by atoms with Crippen molar-refractivity contribution in [1.29, 1.82) is 0 Å². The Bertz CT molecular complexity index is 446. The molecule has 0 aliphatic carbocycles. The van der Waals surface area contributed by atoms with Crippen LogP contribution in [-0.2, 0) is 4.79 Å². The molecular formula is C8H13N3O4. The molecule has 0 saturated carbocycles. The van der Waals surface area contributed by atoms with E-state index in [1.54, 1.807) is 20.8 Å². The third kappa shape index (κ3) is 2.00. The Hall–Kier alpha value is -1.79. The Kier molecular flexibility index (Phi) is 2.57. The van der Waals surface area contributed by atoms with Crippen LogP contribution in [-0.4, -0.2) is 25.8 Å². The summed E-state index contributed by atoms with van der Waals surface area (Å²) in [4.78, 5) is 33.5. The molecule has 0 bridgehead atoms. The maximum atomic E-state index is 11.2. The number of H-pyrrole nitrogens is 2. The summed E-state index contributed by atoms with van der Waals surface area (Å²) in [5, 5.41) is 13.1. The van der Waals surface area contributed by atoms with Crippen molar-refractivity contribution in [1.82, 2.24) is 14.8 Å². The molecule has 0 fully saturated rings. The molecule has 1 heterocycles. The van der Waals surface area contributed by atoms with Crippen molar-refractivity contribution in [2.24, 2.45) is 5.41 Å². The van der Waals surface area contributed by atoms with E-state index in [9.17, 15) is 14.4 Å². The van der Waals surface area contributed by atoms with Crippen molar-refractivity contribution in [3.8, 4) is 0 Å². The van der Waals surface area contributed by atoms with Gasteiger partial charge in [0.05, 0.1) is 0 Å². The molecule has 1 unspecified atom stereocenters. The lowest BCUT2D eigenvalue weighted by molar-refractivity contribution is -0.144. The van der Waals surface area contributed by atoms with E-state index in [1.165, 1.54) is 0 Å². The number of aromatic nitrogens is 3. The van der Waals surface area contributed by atoms with Crippen molar-refractivity contribution in [2.75, 3.05) is 0 Å². The molecule has 0 saturated heterocycles. The van der Waals surface area contributed by atoms with Crippen molar-refractivity contribution in [3.63, 3.8) is 0 Å². The maximum absolute atomic E-state index is 11.2. The summed E-state index contributed by atoms with van der Waals surface area (Å²) in [6.45, 7) is 4.93. The normalized spacial score (nSPS) is 13.8. The standard InChI is InChI=1S/C8H13N3O4/c1-8(2,3)4(5(12)13)11-6(14)9-10-7(11)15/h4H,1-3H3,(H,9,14)(H,10,15)(H,12,13). The van der Waals surface area contributed by atoms with Crippen LogP contribution in [0.2, 0.25) is 0 Å². The Morgan fingerprint density at radius 3 is 1.93 bits per heavy atom. The van der Waals surface area contributed by atoms with Gasteiger partial charge in [0.25, 0.3) is 0 Å². The van der Waals surface area contributed by atoms with Crippen LogP contribution in [0.5, 0.6) is 0 Å². The van der Waals surface area contributed by atoms with Crippen molar-refractivity contribution >= 4 is 5.97 Å². The molecule has 7 heteroatoms. The van der Waals surface area contributed by atoms with Gasteiger partial charge in [-0.1, -0.05) is 20.8 Å². The second-order valence-corrected chi connectivity index (χ2v) is 4.34. The Labute approximate surface area is 84.7 Å². The zero-order valence-electron chi connectivity index (χ0n) is 8.70. The minimum atomic E-state index is -1.21. The topological polar surface area (TPSA) is 108 Å². The van der Waals surface area contributed by atoms with E-state index in [0.717, 1.165) is 0 Å². The van der Waals surface area contributed by atoms with Gasteiger partial charge in [-0.05, 0) is 5.41 Å². The Balaban J connectivity index is 3.42. The number of rotatable bonds is 2. The molecular weight excluding hydrogens is 202 g/mol. The van der Waals surface area contributed by atoms with Gasteiger partial charge in [-0.3, -0.25) is 0 Å². The fourth-order valence-electron chi connectivity index (χ4n) is 1.42. The number of carboxylic acids is 1. The van der Waals surface area contributed by atoms with Crippen molar-refractivity contribution in [2.45, 2.75) is 26.8 Å². The number of hydrogen-bond acceptors (Lipinski definition) is 3. The van der Waals surface area contributed by atoms with Crippen LogP contribution in [0, 0.1) is 5.41 Å². The first-order valence-electron chi connectivity index (χ1n) is 4.37. The van der Waals surface area contributed by atoms with Crippen LogP contribution in [0.25, 0.3) is 0 Å². The molecule has 0 aliphatic rings. The molecule has 0 amide bonds. The van der Waals surface area contributed by atoms with Gasteiger partial charge in [-0.25, -0.2) is 29.1 Å². The number of carbonyl (C=O) groups is 1. The fourth-order valence-corrected chi connectivity index (χ4v) is 1.42. The monoisotopic (exact) mass is 215 g/mol. The molecule has 1 atom stereocenters. The van der Waals surface area contributed by atoms with Gasteiger partial charge in [-0.15, -0.1) is 0 Å². The SMILES string of the molecule is CC(C)(C)C(C(=O)O)n1c(=O)[nH][nH]c1=O. The van der Waals surface area contributed by atoms with Gasteiger partial charge in [0, 0.05) is 0 Å². The van der Waals surface area contributed by atoms with Crippen LogP contribution in [0.15, 0.2) is 9.59 Å². The van der Waals surface area contributed by atoms with Gasteiger partial charge in [-0.2, -0.15) is 0 Å². The maximum Gasteiger partial charge on any atom is 0.345 e. The molecule has 15 heavy (non-hydrogen) atoms. The fraction of sp³-hybridized carbons (Fsp3) is 0.625. The number of hydrogen-bond donors (Lipinski definition) is 3. The highest BCUT2D eigenvalue weighted by Crippen LogP contribution is 2.28. The third-order valence-corrected chi connectivity index (χ3v) is 2.03. The lowest BCUT2D eigenvalue weighted by Crippen LogP contribution is -2.42. The lowest BCUT2D eigenvalue weighted by Gasteiger charge is -2.26. The second-order valence-electron chi connectivity index (χ2n) is 4.34. The van der Waals surface area contributed by atoms with Crippen LogP contribution in [0.4, 0.5) is 0 Å². The average molecular weight is 215 g/mol. The van der Waals surface area contributed by atoms with Gasteiger partial charge < -0.3 is 5.11 Å². The smallest absolute Gasteiger partial charge is 0.345 e. The molecule has 1 rings (SSSR count). The van der Waals surface area contributed by atoms with Crippen molar-refractivity contribution in [3.05, 3.63) is 21.0 Å². The molecule has 7 nitrogen and oxygen atoms in total. The molecule has 0 aliphatic heterocycles. The van der Waals surface area contributed by atoms with E-state index in [-0.39, 0.29) is 0 Å². The van der Waals surface area contributed by atoms with Gasteiger partial charge in [0.1, 0.15) is 6.04 Å². The molecule has 1 aromatic heterocycles. The van der Waals surface area contributed by atoms with E-state index >= 15 is 0 Å². The van der Waals surface area contributed by atoms with E-state index in [1.807, 2.05) is 0 Å². The Morgan fingerprint density at radius 1 is 1.27 bits per heavy atom.